The van der Waals surface area contributed by atoms with Gasteiger partial charge in [0.15, 0.2) is 0 Å². The number of rotatable bonds is 7. The van der Waals surface area contributed by atoms with Crippen LogP contribution in [0.15, 0.2) is 36.4 Å². The molecule has 0 heterocycles. The molecular weight excluding hydrogens is 234 g/mol. The Balaban J connectivity index is 2.45. The zero-order valence-corrected chi connectivity index (χ0v) is 11.3. The van der Waals surface area contributed by atoms with Crippen molar-refractivity contribution in [3.63, 3.8) is 0 Å². The molecule has 1 unspecified atom stereocenters. The highest BCUT2D eigenvalue weighted by atomic mass is 35.5. The average Bonchev–Trinajstić information content (AvgIpc) is 2.31. The Morgan fingerprint density at radius 1 is 1.41 bits per heavy atom. The summed E-state index contributed by atoms with van der Waals surface area (Å²) in [6.07, 6.45) is 1.10. The maximum Gasteiger partial charge on any atom is 0.119 e. The summed E-state index contributed by atoms with van der Waals surface area (Å²) in [5, 5.41) is 4.12. The number of nitrogens with one attached hydrogen (secondary N) is 1. The molecule has 94 valence electrons. The van der Waals surface area contributed by atoms with E-state index < -0.39 is 0 Å². The van der Waals surface area contributed by atoms with E-state index in [2.05, 4.69) is 18.8 Å². The summed E-state index contributed by atoms with van der Waals surface area (Å²) < 4.78 is 5.70. The van der Waals surface area contributed by atoms with Gasteiger partial charge in [-0.1, -0.05) is 30.7 Å². The first-order valence-electron chi connectivity index (χ1n) is 5.90. The number of hydrogen-bond donors (Lipinski definition) is 1. The van der Waals surface area contributed by atoms with Gasteiger partial charge in [0.05, 0.1) is 6.04 Å². The minimum Gasteiger partial charge on any atom is -0.492 e. The molecule has 0 saturated heterocycles. The molecule has 0 aliphatic heterocycles. The number of ether oxygens (including phenoxy) is 1. The van der Waals surface area contributed by atoms with E-state index in [1.165, 1.54) is 0 Å². The van der Waals surface area contributed by atoms with Gasteiger partial charge in [-0.2, -0.15) is 0 Å². The van der Waals surface area contributed by atoms with Gasteiger partial charge < -0.3 is 10.1 Å². The molecule has 0 radical (unpaired) electrons. The van der Waals surface area contributed by atoms with Crippen LogP contribution in [0.2, 0.25) is 5.02 Å². The third kappa shape index (κ3) is 5.24. The highest BCUT2D eigenvalue weighted by Gasteiger charge is 2.08. The summed E-state index contributed by atoms with van der Waals surface area (Å²) in [4.78, 5) is 0. The second-order valence-electron chi connectivity index (χ2n) is 4.12. The molecule has 0 bridgehead atoms. The van der Waals surface area contributed by atoms with Crippen molar-refractivity contribution in [2.45, 2.75) is 26.3 Å². The fraction of sp³-hybridized carbons (Fsp3) is 0.429. The normalized spacial score (nSPS) is 12.2. The zero-order valence-electron chi connectivity index (χ0n) is 10.5. The lowest BCUT2D eigenvalue weighted by atomic mass is 10.1. The van der Waals surface area contributed by atoms with Crippen LogP contribution in [-0.4, -0.2) is 19.2 Å². The third-order valence-electron chi connectivity index (χ3n) is 2.47. The molecule has 0 aliphatic carbocycles. The summed E-state index contributed by atoms with van der Waals surface area (Å²) >= 11 is 5.81. The number of benzene rings is 1. The first-order valence-corrected chi connectivity index (χ1v) is 6.28. The molecule has 0 fully saturated rings. The van der Waals surface area contributed by atoms with E-state index in [1.807, 2.05) is 31.2 Å². The highest BCUT2D eigenvalue weighted by molar-refractivity contribution is 6.30. The van der Waals surface area contributed by atoms with Crippen molar-refractivity contribution >= 4 is 11.6 Å². The largest absolute Gasteiger partial charge is 0.492 e. The van der Waals surface area contributed by atoms with Gasteiger partial charge in [-0.3, -0.25) is 0 Å². The Hall–Kier alpha value is -0.990. The maximum atomic E-state index is 5.81. The Morgan fingerprint density at radius 2 is 2.06 bits per heavy atom. The van der Waals surface area contributed by atoms with E-state index >= 15 is 0 Å². The third-order valence-corrected chi connectivity index (χ3v) is 2.72. The molecule has 0 aliphatic rings. The van der Waals surface area contributed by atoms with Crippen molar-refractivity contribution in [1.82, 2.24) is 5.32 Å². The summed E-state index contributed by atoms with van der Waals surface area (Å²) in [7, 11) is 0. The lowest BCUT2D eigenvalue weighted by Crippen LogP contribution is -2.35. The summed E-state index contributed by atoms with van der Waals surface area (Å²) in [6, 6.07) is 7.60. The van der Waals surface area contributed by atoms with Gasteiger partial charge in [0.1, 0.15) is 12.4 Å². The van der Waals surface area contributed by atoms with E-state index in [4.69, 9.17) is 16.3 Å². The Labute approximate surface area is 109 Å². The average molecular weight is 254 g/mol. The first kappa shape index (κ1) is 14.1. The van der Waals surface area contributed by atoms with Gasteiger partial charge in [-0.25, -0.2) is 0 Å². The van der Waals surface area contributed by atoms with Crippen LogP contribution in [-0.2, 0) is 0 Å². The standard InChI is InChI=1S/C14H20ClNO/c1-4-9-16-14(11(2)3)10-17-13-7-5-12(15)6-8-13/h5-8,14,16H,2,4,9-10H2,1,3H3. The fourth-order valence-corrected chi connectivity index (χ4v) is 1.53. The topological polar surface area (TPSA) is 21.3 Å². The lowest BCUT2D eigenvalue weighted by Gasteiger charge is -2.19. The molecule has 1 aromatic carbocycles. The molecular formula is C14H20ClNO. The van der Waals surface area contributed by atoms with Crippen LogP contribution in [0.3, 0.4) is 0 Å². The molecule has 1 N–H and O–H groups in total. The van der Waals surface area contributed by atoms with Crippen molar-refractivity contribution in [1.29, 1.82) is 0 Å². The SMILES string of the molecule is C=C(C)C(COc1ccc(Cl)cc1)NCCC. The second-order valence-corrected chi connectivity index (χ2v) is 4.55. The molecule has 0 spiro atoms. The minimum atomic E-state index is 0.200. The van der Waals surface area contributed by atoms with Crippen molar-refractivity contribution in [3.05, 3.63) is 41.4 Å². The summed E-state index contributed by atoms with van der Waals surface area (Å²) in [6.45, 7) is 9.69. The highest BCUT2D eigenvalue weighted by Crippen LogP contribution is 2.16. The van der Waals surface area contributed by atoms with Gasteiger partial charge in [0.2, 0.25) is 0 Å². The van der Waals surface area contributed by atoms with E-state index in [9.17, 15) is 0 Å². The molecule has 2 nitrogen and oxygen atoms in total. The molecule has 3 heteroatoms. The molecule has 0 saturated carbocycles. The molecule has 0 amide bonds. The second kappa shape index (κ2) is 7.36. The first-order chi connectivity index (χ1) is 8.13. The monoisotopic (exact) mass is 253 g/mol. The van der Waals surface area contributed by atoms with Crippen molar-refractivity contribution < 1.29 is 4.74 Å². The van der Waals surface area contributed by atoms with Crippen LogP contribution < -0.4 is 10.1 Å². The van der Waals surface area contributed by atoms with Crippen molar-refractivity contribution in [2.24, 2.45) is 0 Å². The predicted octanol–water partition coefficient (Wildman–Crippen LogP) is 3.66. The van der Waals surface area contributed by atoms with E-state index in [1.54, 1.807) is 0 Å². The van der Waals surface area contributed by atoms with Crippen LogP contribution in [0.25, 0.3) is 0 Å². The number of halogens is 1. The van der Waals surface area contributed by atoms with Crippen LogP contribution in [0.5, 0.6) is 5.75 Å². The summed E-state index contributed by atoms with van der Waals surface area (Å²) in [5.41, 5.74) is 1.09. The van der Waals surface area contributed by atoms with E-state index in [0.29, 0.717) is 6.61 Å². The predicted molar refractivity (Wildman–Crippen MR) is 73.8 cm³/mol. The van der Waals surface area contributed by atoms with E-state index in [0.717, 1.165) is 29.3 Å². The molecule has 17 heavy (non-hydrogen) atoms. The lowest BCUT2D eigenvalue weighted by molar-refractivity contribution is 0.281. The van der Waals surface area contributed by atoms with Gasteiger partial charge in [0, 0.05) is 5.02 Å². The molecule has 0 aromatic heterocycles. The number of hydrogen-bond acceptors (Lipinski definition) is 2. The quantitative estimate of drug-likeness (QED) is 0.749. The van der Waals surface area contributed by atoms with Gasteiger partial charge >= 0.3 is 0 Å². The molecule has 1 aromatic rings. The Morgan fingerprint density at radius 3 is 2.59 bits per heavy atom. The minimum absolute atomic E-state index is 0.200. The van der Waals surface area contributed by atoms with Gasteiger partial charge in [-0.05, 0) is 44.2 Å². The van der Waals surface area contributed by atoms with Crippen LogP contribution in [0.4, 0.5) is 0 Å². The van der Waals surface area contributed by atoms with Crippen LogP contribution in [0, 0.1) is 0 Å². The van der Waals surface area contributed by atoms with Crippen molar-refractivity contribution in [2.75, 3.05) is 13.2 Å². The maximum absolute atomic E-state index is 5.81. The van der Waals surface area contributed by atoms with Crippen LogP contribution in [0.1, 0.15) is 20.3 Å². The van der Waals surface area contributed by atoms with Crippen LogP contribution >= 0.6 is 11.6 Å². The zero-order chi connectivity index (χ0) is 12.7. The van der Waals surface area contributed by atoms with Gasteiger partial charge in [0.25, 0.3) is 0 Å². The molecule has 1 atom stereocenters. The molecule has 1 rings (SSSR count). The fourth-order valence-electron chi connectivity index (χ4n) is 1.40. The van der Waals surface area contributed by atoms with Gasteiger partial charge in [-0.15, -0.1) is 0 Å². The Bertz CT molecular complexity index is 348. The van der Waals surface area contributed by atoms with E-state index in [-0.39, 0.29) is 6.04 Å². The smallest absolute Gasteiger partial charge is 0.119 e. The Kier molecular flexibility index (Phi) is 6.09. The van der Waals surface area contributed by atoms with Crippen molar-refractivity contribution in [3.8, 4) is 5.75 Å². The summed E-state index contributed by atoms with van der Waals surface area (Å²) in [5.74, 6) is 0.832.